The molecule has 45 heavy (non-hydrogen) atoms. The van der Waals surface area contributed by atoms with Gasteiger partial charge in [-0.3, -0.25) is 19.2 Å². The highest BCUT2D eigenvalue weighted by molar-refractivity contribution is 6.38. The highest BCUT2D eigenvalue weighted by atomic mass is 16.5. The highest BCUT2D eigenvalue weighted by Gasteiger charge is 2.41. The Bertz CT molecular complexity index is 1380. The zero-order chi connectivity index (χ0) is 33.1. The Morgan fingerprint density at radius 3 is 2.36 bits per heavy atom. The monoisotopic (exact) mass is 623 g/mol. The summed E-state index contributed by atoms with van der Waals surface area (Å²) in [6.07, 6.45) is 2.22. The third-order valence-electron chi connectivity index (χ3n) is 8.47. The van der Waals surface area contributed by atoms with E-state index in [1.54, 1.807) is 52.3 Å². The molecule has 3 rings (SSSR count). The number of carbonyl (C=O) groups is 5. The number of hydrogen-bond donors (Lipinski definition) is 1. The molecule has 0 spiro atoms. The van der Waals surface area contributed by atoms with Crippen LogP contribution in [0.1, 0.15) is 88.5 Å². The molecule has 2 aromatic carbocycles. The minimum Gasteiger partial charge on any atom is -0.493 e. The first kappa shape index (κ1) is 35.3. The molecule has 2 aromatic rings. The summed E-state index contributed by atoms with van der Waals surface area (Å²) in [5, 5.41) is 8.93. The predicted molar refractivity (Wildman–Crippen MR) is 167 cm³/mol. The number of ether oxygens (including phenoxy) is 3. The number of benzene rings is 2. The lowest BCUT2D eigenvalue weighted by molar-refractivity contribution is -0.164. The van der Waals surface area contributed by atoms with Crippen LogP contribution in [0.2, 0.25) is 0 Å². The molecule has 1 aliphatic heterocycles. The molecule has 244 valence electrons. The summed E-state index contributed by atoms with van der Waals surface area (Å²) in [6.45, 7) is 5.61. The quantitative estimate of drug-likeness (QED) is 0.196. The van der Waals surface area contributed by atoms with Crippen LogP contribution in [0.25, 0.3) is 0 Å². The van der Waals surface area contributed by atoms with Crippen molar-refractivity contribution >= 4 is 29.4 Å². The first-order chi connectivity index (χ1) is 21.4. The van der Waals surface area contributed by atoms with Gasteiger partial charge in [-0.2, -0.15) is 0 Å². The summed E-state index contributed by atoms with van der Waals surface area (Å²) in [6, 6.07) is 11.8. The van der Waals surface area contributed by atoms with Crippen LogP contribution in [0.3, 0.4) is 0 Å². The maximum atomic E-state index is 13.8. The van der Waals surface area contributed by atoms with Gasteiger partial charge in [-0.1, -0.05) is 51.1 Å². The molecule has 1 aliphatic rings. The average Bonchev–Trinajstić information content (AvgIpc) is 3.04. The molecule has 1 fully saturated rings. The Morgan fingerprint density at radius 2 is 1.69 bits per heavy atom. The van der Waals surface area contributed by atoms with Gasteiger partial charge in [-0.25, -0.2) is 4.79 Å². The van der Waals surface area contributed by atoms with E-state index >= 15 is 0 Å². The molecule has 0 aliphatic carbocycles. The summed E-state index contributed by atoms with van der Waals surface area (Å²) in [7, 11) is 3.11. The molecule has 0 bridgehead atoms. The van der Waals surface area contributed by atoms with Gasteiger partial charge in [0.05, 0.1) is 20.6 Å². The maximum absolute atomic E-state index is 13.8. The van der Waals surface area contributed by atoms with Crippen molar-refractivity contribution in [2.75, 3.05) is 20.8 Å². The second-order valence-electron chi connectivity index (χ2n) is 12.1. The summed E-state index contributed by atoms with van der Waals surface area (Å²) < 4.78 is 16.9. The Hall–Kier alpha value is -4.21. The number of ketones is 2. The molecule has 0 radical (unpaired) electrons. The summed E-state index contributed by atoms with van der Waals surface area (Å²) in [5.74, 6) is -1.83. The minimum atomic E-state index is -1.03. The van der Waals surface area contributed by atoms with Gasteiger partial charge in [0.1, 0.15) is 17.9 Å². The molecular weight excluding hydrogens is 578 g/mol. The van der Waals surface area contributed by atoms with E-state index < -0.39 is 41.2 Å². The molecule has 1 saturated heterocycles. The fraction of sp³-hybridized carbons (Fsp3) is 0.514. The number of rotatable bonds is 16. The molecule has 0 saturated carbocycles. The van der Waals surface area contributed by atoms with E-state index in [0.717, 1.165) is 12.0 Å². The standard InChI is InChI=1S/C35H45NO9/c1-6-35(2,3)32(40)33(41)36-19-8-7-12-27(36)34(42)45-28(16-13-23-14-17-29(43-4)30(22-23)44-5)25-11-9-10-24(20-25)21-26(37)15-18-31(38)39/h9-11,14,17,20,22,27-28H,6-8,12-13,15-16,18-19,21H2,1-5H3,(H,38,39)/t27-,28+/m0/s1. The Morgan fingerprint density at radius 1 is 0.956 bits per heavy atom. The van der Waals surface area contributed by atoms with Crippen LogP contribution in [0.4, 0.5) is 0 Å². The van der Waals surface area contributed by atoms with E-state index in [9.17, 15) is 24.0 Å². The number of carboxylic acid groups (broad SMARTS) is 1. The number of methoxy groups -OCH3 is 2. The number of piperidine rings is 1. The minimum absolute atomic E-state index is 0.0533. The highest BCUT2D eigenvalue weighted by Crippen LogP contribution is 2.32. The Kier molecular flexibility index (Phi) is 12.7. The SMILES string of the molecule is CCC(C)(C)C(=O)C(=O)N1CCCC[C@H]1C(=O)O[C@H](CCc1ccc(OC)c(OC)c1)c1cccc(CC(=O)CCC(=O)O)c1. The van der Waals surface area contributed by atoms with Crippen molar-refractivity contribution in [1.29, 1.82) is 0 Å². The van der Waals surface area contributed by atoms with Crippen LogP contribution in [0.5, 0.6) is 11.5 Å². The van der Waals surface area contributed by atoms with Crippen molar-refractivity contribution in [1.82, 2.24) is 4.90 Å². The second-order valence-corrected chi connectivity index (χ2v) is 12.1. The topological polar surface area (TPSA) is 137 Å². The number of nitrogens with zero attached hydrogens (tertiary/aromatic N) is 1. The molecule has 0 aromatic heterocycles. The number of aryl methyl sites for hydroxylation is 1. The Balaban J connectivity index is 1.88. The van der Waals surface area contributed by atoms with Crippen LogP contribution in [-0.4, -0.2) is 66.2 Å². The number of carboxylic acids is 1. The maximum Gasteiger partial charge on any atom is 0.329 e. The van der Waals surface area contributed by atoms with Gasteiger partial charge in [0.2, 0.25) is 5.78 Å². The van der Waals surface area contributed by atoms with Gasteiger partial charge >= 0.3 is 11.9 Å². The average molecular weight is 624 g/mol. The summed E-state index contributed by atoms with van der Waals surface area (Å²) in [4.78, 5) is 64.8. The number of amides is 1. The van der Waals surface area contributed by atoms with Crippen LogP contribution in [-0.2, 0) is 41.6 Å². The number of hydrogen-bond acceptors (Lipinski definition) is 8. The summed E-state index contributed by atoms with van der Waals surface area (Å²) in [5.41, 5.74) is 1.43. The van der Waals surface area contributed by atoms with Crippen molar-refractivity contribution in [3.63, 3.8) is 0 Å². The zero-order valence-electron chi connectivity index (χ0n) is 26.9. The van der Waals surface area contributed by atoms with Gasteiger partial charge < -0.3 is 24.2 Å². The Labute approximate surface area is 265 Å². The predicted octanol–water partition coefficient (Wildman–Crippen LogP) is 5.28. The van der Waals surface area contributed by atoms with E-state index in [-0.39, 0.29) is 25.0 Å². The number of carbonyl (C=O) groups excluding carboxylic acids is 4. The molecule has 2 atom stereocenters. The van der Waals surface area contributed by atoms with Crippen molar-refractivity contribution in [3.05, 3.63) is 59.2 Å². The number of Topliss-reactive ketones (excluding diaryl/α,β-unsaturated/α-hetero) is 2. The molecule has 10 nitrogen and oxygen atoms in total. The van der Waals surface area contributed by atoms with Gasteiger partial charge in [0.15, 0.2) is 11.5 Å². The molecule has 0 unspecified atom stereocenters. The third kappa shape index (κ3) is 9.64. The number of likely N-dealkylation sites (tertiary alicyclic amines) is 1. The van der Waals surface area contributed by atoms with Crippen LogP contribution >= 0.6 is 0 Å². The third-order valence-corrected chi connectivity index (χ3v) is 8.47. The van der Waals surface area contributed by atoms with E-state index in [1.807, 2.05) is 25.1 Å². The number of esters is 1. The van der Waals surface area contributed by atoms with Crippen LogP contribution in [0.15, 0.2) is 42.5 Å². The van der Waals surface area contributed by atoms with Gasteiger partial charge in [-0.05, 0) is 67.3 Å². The lowest BCUT2D eigenvalue weighted by Gasteiger charge is -2.36. The van der Waals surface area contributed by atoms with E-state index in [1.165, 1.54) is 4.90 Å². The van der Waals surface area contributed by atoms with E-state index in [4.69, 9.17) is 19.3 Å². The van der Waals surface area contributed by atoms with Gasteiger partial charge in [0.25, 0.3) is 5.91 Å². The first-order valence-corrected chi connectivity index (χ1v) is 15.5. The number of aliphatic carboxylic acids is 1. The van der Waals surface area contributed by atoms with E-state index in [0.29, 0.717) is 61.3 Å². The molecule has 1 N–H and O–H groups in total. The molecule has 1 heterocycles. The fourth-order valence-electron chi connectivity index (χ4n) is 5.31. The van der Waals surface area contributed by atoms with E-state index in [2.05, 4.69) is 0 Å². The van der Waals surface area contributed by atoms with Crippen LogP contribution < -0.4 is 9.47 Å². The second kappa shape index (κ2) is 16.2. The lowest BCUT2D eigenvalue weighted by Crippen LogP contribution is -2.53. The lowest BCUT2D eigenvalue weighted by atomic mass is 9.84. The van der Waals surface area contributed by atoms with Crippen molar-refractivity contribution in [2.45, 2.75) is 90.7 Å². The molecule has 1 amide bonds. The van der Waals surface area contributed by atoms with Crippen molar-refractivity contribution in [3.8, 4) is 11.5 Å². The molecule has 10 heteroatoms. The van der Waals surface area contributed by atoms with Gasteiger partial charge in [0, 0.05) is 24.8 Å². The zero-order valence-corrected chi connectivity index (χ0v) is 26.9. The summed E-state index contributed by atoms with van der Waals surface area (Å²) >= 11 is 0. The normalized spacial score (nSPS) is 15.6. The van der Waals surface area contributed by atoms with Gasteiger partial charge in [-0.15, -0.1) is 0 Å². The van der Waals surface area contributed by atoms with Crippen LogP contribution in [0, 0.1) is 5.41 Å². The molecular formula is C35H45NO9. The fourth-order valence-corrected chi connectivity index (χ4v) is 5.31. The van der Waals surface area contributed by atoms with Crippen molar-refractivity contribution in [2.24, 2.45) is 5.41 Å². The van der Waals surface area contributed by atoms with Crippen molar-refractivity contribution < 1.29 is 43.3 Å². The first-order valence-electron chi connectivity index (χ1n) is 15.5. The largest absolute Gasteiger partial charge is 0.493 e. The smallest absolute Gasteiger partial charge is 0.329 e.